The van der Waals surface area contributed by atoms with Gasteiger partial charge in [-0.15, -0.1) is 0 Å². The summed E-state index contributed by atoms with van der Waals surface area (Å²) in [5.74, 6) is 1.97. The Balaban J connectivity index is 1.89. The first-order chi connectivity index (χ1) is 8.15. The molecule has 17 heavy (non-hydrogen) atoms. The van der Waals surface area contributed by atoms with E-state index in [1.54, 1.807) is 0 Å². The molecule has 1 atom stereocenters. The van der Waals surface area contributed by atoms with Crippen molar-refractivity contribution < 1.29 is 0 Å². The van der Waals surface area contributed by atoms with E-state index in [1.165, 1.54) is 6.07 Å². The van der Waals surface area contributed by atoms with Gasteiger partial charge < -0.3 is 16.0 Å². The Hall–Kier alpha value is -1.36. The third-order valence-electron chi connectivity index (χ3n) is 2.87. The molecule has 1 heterocycles. The van der Waals surface area contributed by atoms with E-state index in [4.69, 9.17) is 5.73 Å². The van der Waals surface area contributed by atoms with Crippen molar-refractivity contribution in [3.63, 3.8) is 0 Å². The monoisotopic (exact) mass is 236 g/mol. The van der Waals surface area contributed by atoms with Crippen LogP contribution in [0.4, 0.5) is 5.82 Å². The number of aromatic nitrogens is 2. The summed E-state index contributed by atoms with van der Waals surface area (Å²) in [6, 6.07) is 1.74. The minimum atomic E-state index is -0.0726. The minimum absolute atomic E-state index is 0.0726. The molecule has 1 fully saturated rings. The molecule has 5 nitrogen and oxygen atoms in total. The van der Waals surface area contributed by atoms with Crippen LogP contribution in [0.15, 0.2) is 10.9 Å². The molecule has 1 aliphatic carbocycles. The van der Waals surface area contributed by atoms with Crippen LogP contribution >= 0.6 is 0 Å². The molecule has 5 heteroatoms. The van der Waals surface area contributed by atoms with Crippen LogP contribution in [-0.4, -0.2) is 22.6 Å². The van der Waals surface area contributed by atoms with Crippen LogP contribution in [0.2, 0.25) is 0 Å². The summed E-state index contributed by atoms with van der Waals surface area (Å²) in [5.41, 5.74) is 5.60. The first-order valence-electron chi connectivity index (χ1n) is 6.26. The van der Waals surface area contributed by atoms with Crippen LogP contribution in [0.1, 0.15) is 44.3 Å². The predicted molar refractivity (Wildman–Crippen MR) is 68.2 cm³/mol. The van der Waals surface area contributed by atoms with Crippen LogP contribution < -0.4 is 16.6 Å². The molecule has 1 unspecified atom stereocenters. The zero-order valence-electron chi connectivity index (χ0n) is 10.2. The number of nitrogens with one attached hydrogen (secondary N) is 2. The Kier molecular flexibility index (Phi) is 3.78. The Labute approximate surface area is 101 Å². The second kappa shape index (κ2) is 5.31. The van der Waals surface area contributed by atoms with Crippen molar-refractivity contribution in [3.8, 4) is 0 Å². The number of hydrogen-bond acceptors (Lipinski definition) is 4. The van der Waals surface area contributed by atoms with E-state index in [9.17, 15) is 4.79 Å². The summed E-state index contributed by atoms with van der Waals surface area (Å²) < 4.78 is 0. The maximum atomic E-state index is 11.4. The maximum absolute atomic E-state index is 11.4. The van der Waals surface area contributed by atoms with Crippen molar-refractivity contribution in [2.45, 2.75) is 44.6 Å². The number of aromatic amines is 1. The number of H-pyrrole nitrogens is 1. The standard InChI is InChI=1S/C12H20N4O/c1-8(13)3-2-6-14-10-7-11(17)16-12(15-10)9-4-5-9/h7-9H,2-6,13H2,1H3,(H2,14,15,16,17). The zero-order chi connectivity index (χ0) is 12.3. The molecule has 1 aliphatic rings. The third kappa shape index (κ3) is 3.85. The van der Waals surface area contributed by atoms with Gasteiger partial charge in [-0.05, 0) is 32.6 Å². The topological polar surface area (TPSA) is 83.8 Å². The summed E-state index contributed by atoms with van der Waals surface area (Å²) in [7, 11) is 0. The predicted octanol–water partition coefficient (Wildman–Crippen LogP) is 1.19. The normalized spacial score (nSPS) is 16.8. The van der Waals surface area contributed by atoms with Gasteiger partial charge in [0.05, 0.1) is 0 Å². The average Bonchev–Trinajstić information content (AvgIpc) is 3.07. The molecule has 0 radical (unpaired) electrons. The van der Waals surface area contributed by atoms with E-state index in [-0.39, 0.29) is 11.6 Å². The van der Waals surface area contributed by atoms with Crippen LogP contribution in [0.3, 0.4) is 0 Å². The summed E-state index contributed by atoms with van der Waals surface area (Å²) in [6.45, 7) is 2.80. The van der Waals surface area contributed by atoms with Gasteiger partial charge in [0.15, 0.2) is 0 Å². The molecule has 1 saturated carbocycles. The highest BCUT2D eigenvalue weighted by molar-refractivity contribution is 5.33. The number of nitrogens with zero attached hydrogens (tertiary/aromatic N) is 1. The fourth-order valence-electron chi connectivity index (χ4n) is 1.76. The van der Waals surface area contributed by atoms with Gasteiger partial charge in [0.1, 0.15) is 11.6 Å². The van der Waals surface area contributed by atoms with Gasteiger partial charge >= 0.3 is 0 Å². The molecule has 2 rings (SSSR count). The van der Waals surface area contributed by atoms with Gasteiger partial charge in [-0.25, -0.2) is 4.98 Å². The Bertz CT molecular complexity index is 423. The molecular formula is C12H20N4O. The Morgan fingerprint density at radius 3 is 3.06 bits per heavy atom. The van der Waals surface area contributed by atoms with Gasteiger partial charge in [0.2, 0.25) is 0 Å². The third-order valence-corrected chi connectivity index (χ3v) is 2.87. The molecule has 0 spiro atoms. The van der Waals surface area contributed by atoms with Crippen LogP contribution in [-0.2, 0) is 0 Å². The molecule has 94 valence electrons. The van der Waals surface area contributed by atoms with E-state index >= 15 is 0 Å². The lowest BCUT2D eigenvalue weighted by molar-refractivity contribution is 0.638. The van der Waals surface area contributed by atoms with Gasteiger partial charge in [-0.1, -0.05) is 0 Å². The van der Waals surface area contributed by atoms with Crippen molar-refractivity contribution >= 4 is 5.82 Å². The highest BCUT2D eigenvalue weighted by Crippen LogP contribution is 2.37. The van der Waals surface area contributed by atoms with Crippen molar-refractivity contribution in [2.75, 3.05) is 11.9 Å². The maximum Gasteiger partial charge on any atom is 0.252 e. The fraction of sp³-hybridized carbons (Fsp3) is 0.667. The first kappa shape index (κ1) is 12.1. The molecule has 0 amide bonds. The molecule has 1 aromatic heterocycles. The average molecular weight is 236 g/mol. The van der Waals surface area contributed by atoms with Crippen LogP contribution in [0, 0.1) is 0 Å². The highest BCUT2D eigenvalue weighted by atomic mass is 16.1. The minimum Gasteiger partial charge on any atom is -0.370 e. The Morgan fingerprint density at radius 1 is 1.65 bits per heavy atom. The smallest absolute Gasteiger partial charge is 0.252 e. The summed E-state index contributed by atoms with van der Waals surface area (Å²) in [4.78, 5) is 18.6. The molecule has 0 bridgehead atoms. The number of nitrogens with two attached hydrogens (primary N) is 1. The van der Waals surface area contributed by atoms with E-state index in [0.717, 1.165) is 38.1 Å². The second-order valence-corrected chi connectivity index (χ2v) is 4.84. The number of anilines is 1. The van der Waals surface area contributed by atoms with Crippen molar-refractivity contribution in [2.24, 2.45) is 5.73 Å². The van der Waals surface area contributed by atoms with Crippen molar-refractivity contribution in [1.82, 2.24) is 9.97 Å². The van der Waals surface area contributed by atoms with Crippen LogP contribution in [0.5, 0.6) is 0 Å². The number of hydrogen-bond donors (Lipinski definition) is 3. The number of rotatable bonds is 6. The van der Waals surface area contributed by atoms with Gasteiger partial charge in [-0.2, -0.15) is 0 Å². The lowest BCUT2D eigenvalue weighted by atomic mass is 10.2. The molecule has 0 aliphatic heterocycles. The highest BCUT2D eigenvalue weighted by Gasteiger charge is 2.26. The second-order valence-electron chi connectivity index (χ2n) is 4.84. The lowest BCUT2D eigenvalue weighted by Gasteiger charge is -2.08. The van der Waals surface area contributed by atoms with Gasteiger partial charge in [0.25, 0.3) is 5.56 Å². The SMILES string of the molecule is CC(N)CCCNc1cc(=O)[nH]c(C2CC2)n1. The molecular weight excluding hydrogens is 216 g/mol. The molecule has 0 saturated heterocycles. The van der Waals surface area contributed by atoms with Crippen molar-refractivity contribution in [1.29, 1.82) is 0 Å². The van der Waals surface area contributed by atoms with Gasteiger partial charge in [0, 0.05) is 24.6 Å². The van der Waals surface area contributed by atoms with Crippen LogP contribution in [0.25, 0.3) is 0 Å². The fourth-order valence-corrected chi connectivity index (χ4v) is 1.76. The largest absolute Gasteiger partial charge is 0.370 e. The summed E-state index contributed by atoms with van der Waals surface area (Å²) in [5, 5.41) is 3.18. The molecule has 0 aromatic carbocycles. The van der Waals surface area contributed by atoms with Gasteiger partial charge in [-0.3, -0.25) is 4.79 Å². The first-order valence-corrected chi connectivity index (χ1v) is 6.26. The molecule has 4 N–H and O–H groups in total. The van der Waals surface area contributed by atoms with E-state index in [0.29, 0.717) is 11.7 Å². The van der Waals surface area contributed by atoms with E-state index in [1.807, 2.05) is 6.92 Å². The lowest BCUT2D eigenvalue weighted by Crippen LogP contribution is -2.17. The quantitative estimate of drug-likeness (QED) is 0.648. The van der Waals surface area contributed by atoms with Crippen molar-refractivity contribution in [3.05, 3.63) is 22.2 Å². The zero-order valence-corrected chi connectivity index (χ0v) is 10.2. The summed E-state index contributed by atoms with van der Waals surface area (Å²) in [6.07, 6.45) is 4.24. The Morgan fingerprint density at radius 2 is 2.41 bits per heavy atom. The van der Waals surface area contributed by atoms with E-state index in [2.05, 4.69) is 15.3 Å². The molecule has 1 aromatic rings. The summed E-state index contributed by atoms with van der Waals surface area (Å²) >= 11 is 0. The van der Waals surface area contributed by atoms with E-state index < -0.39 is 0 Å².